The number of anilines is 1. The van der Waals surface area contributed by atoms with E-state index in [1.165, 1.54) is 19.2 Å². The highest BCUT2D eigenvalue weighted by Crippen LogP contribution is 2.30. The summed E-state index contributed by atoms with van der Waals surface area (Å²) in [6.07, 6.45) is 3.54. The lowest BCUT2D eigenvalue weighted by Crippen LogP contribution is -2.09. The minimum atomic E-state index is -0.979. The second-order valence-electron chi connectivity index (χ2n) is 3.99. The zero-order chi connectivity index (χ0) is 13.7. The number of hydrogen-bond donors (Lipinski definition) is 1. The molecule has 0 bridgehead atoms. The van der Waals surface area contributed by atoms with E-state index in [9.17, 15) is 4.79 Å². The Morgan fingerprint density at radius 2 is 2.11 bits per heavy atom. The summed E-state index contributed by atoms with van der Waals surface area (Å²) in [5.41, 5.74) is 2.04. The molecule has 1 aromatic carbocycles. The zero-order valence-corrected chi connectivity index (χ0v) is 10.8. The number of aromatic carboxylic acids is 1. The zero-order valence-electron chi connectivity index (χ0n) is 10.8. The first-order valence-electron chi connectivity index (χ1n) is 5.47. The maximum absolute atomic E-state index is 10.9. The Balaban J connectivity index is 3.27. The van der Waals surface area contributed by atoms with Crippen molar-refractivity contribution in [3.63, 3.8) is 0 Å². The summed E-state index contributed by atoms with van der Waals surface area (Å²) in [5, 5.41) is 8.94. The molecule has 4 nitrogen and oxygen atoms in total. The molecule has 0 aliphatic carbocycles. The van der Waals surface area contributed by atoms with Crippen LogP contribution in [-0.4, -0.2) is 18.2 Å². The summed E-state index contributed by atoms with van der Waals surface area (Å²) < 4.78 is 5.22. The number of carboxylic acid groups (broad SMARTS) is 1. The highest BCUT2D eigenvalue weighted by Gasteiger charge is 2.11. The molecule has 0 aliphatic heterocycles. The van der Waals surface area contributed by atoms with Gasteiger partial charge in [-0.25, -0.2) is 4.79 Å². The van der Waals surface area contributed by atoms with E-state index < -0.39 is 5.97 Å². The van der Waals surface area contributed by atoms with Gasteiger partial charge in [-0.15, -0.1) is 0 Å². The average molecular weight is 247 g/mol. The molecule has 1 rings (SSSR count). The first-order valence-corrected chi connectivity index (χ1v) is 5.47. The SMILES string of the molecule is C=CN(C=C(C)C)c1ccc(C(=O)O)cc1OC. The molecule has 4 heteroatoms. The minimum Gasteiger partial charge on any atom is -0.495 e. The molecular formula is C14H17NO3. The van der Waals surface area contributed by atoms with E-state index >= 15 is 0 Å². The molecule has 0 aromatic heterocycles. The molecule has 1 aromatic rings. The standard InChI is InChI=1S/C14H17NO3/c1-5-15(9-10(2)3)12-7-6-11(14(16)17)8-13(12)18-4/h5-9H,1H2,2-4H3,(H,16,17). The molecule has 0 fully saturated rings. The summed E-state index contributed by atoms with van der Waals surface area (Å²) in [7, 11) is 1.51. The number of ether oxygens (including phenoxy) is 1. The van der Waals surface area contributed by atoms with Crippen LogP contribution >= 0.6 is 0 Å². The van der Waals surface area contributed by atoms with Crippen LogP contribution < -0.4 is 9.64 Å². The maximum Gasteiger partial charge on any atom is 0.335 e. The third-order valence-corrected chi connectivity index (χ3v) is 2.30. The Labute approximate surface area is 107 Å². The first kappa shape index (κ1) is 13.8. The van der Waals surface area contributed by atoms with Crippen LogP contribution in [0.15, 0.2) is 42.8 Å². The van der Waals surface area contributed by atoms with Gasteiger partial charge in [-0.3, -0.25) is 0 Å². The molecule has 0 atom stereocenters. The van der Waals surface area contributed by atoms with Crippen molar-refractivity contribution in [3.8, 4) is 5.75 Å². The number of benzene rings is 1. The molecule has 0 spiro atoms. The van der Waals surface area contributed by atoms with Gasteiger partial charge in [0.25, 0.3) is 0 Å². The second-order valence-corrected chi connectivity index (χ2v) is 3.99. The predicted molar refractivity (Wildman–Crippen MR) is 72.1 cm³/mol. The van der Waals surface area contributed by atoms with Crippen molar-refractivity contribution in [2.75, 3.05) is 12.0 Å². The predicted octanol–water partition coefficient (Wildman–Crippen LogP) is 3.27. The van der Waals surface area contributed by atoms with Crippen LogP contribution in [0.1, 0.15) is 24.2 Å². The monoisotopic (exact) mass is 247 g/mol. The Morgan fingerprint density at radius 1 is 1.44 bits per heavy atom. The van der Waals surface area contributed by atoms with Crippen molar-refractivity contribution >= 4 is 11.7 Å². The number of hydrogen-bond acceptors (Lipinski definition) is 3. The van der Waals surface area contributed by atoms with E-state index in [2.05, 4.69) is 6.58 Å². The molecule has 0 saturated heterocycles. The van der Waals surface area contributed by atoms with Gasteiger partial charge in [-0.2, -0.15) is 0 Å². The van der Waals surface area contributed by atoms with Gasteiger partial charge < -0.3 is 14.7 Å². The summed E-state index contributed by atoms with van der Waals surface area (Å²) in [6, 6.07) is 4.73. The fourth-order valence-corrected chi connectivity index (χ4v) is 1.52. The van der Waals surface area contributed by atoms with Crippen LogP contribution in [0.2, 0.25) is 0 Å². The molecular weight excluding hydrogens is 230 g/mol. The fourth-order valence-electron chi connectivity index (χ4n) is 1.52. The Hall–Kier alpha value is -2.23. The molecule has 1 N–H and O–H groups in total. The number of rotatable bonds is 5. The largest absolute Gasteiger partial charge is 0.495 e. The van der Waals surface area contributed by atoms with Gasteiger partial charge in [-0.1, -0.05) is 12.2 Å². The normalized spacial score (nSPS) is 9.50. The van der Waals surface area contributed by atoms with Crippen LogP contribution in [0.5, 0.6) is 5.75 Å². The van der Waals surface area contributed by atoms with E-state index in [1.807, 2.05) is 20.0 Å². The quantitative estimate of drug-likeness (QED) is 0.867. The number of allylic oxidation sites excluding steroid dienone is 1. The smallest absolute Gasteiger partial charge is 0.335 e. The number of carbonyl (C=O) groups is 1. The molecule has 96 valence electrons. The lowest BCUT2D eigenvalue weighted by atomic mass is 10.1. The van der Waals surface area contributed by atoms with Gasteiger partial charge >= 0.3 is 5.97 Å². The third-order valence-electron chi connectivity index (χ3n) is 2.30. The Bertz CT molecular complexity index is 488. The summed E-state index contributed by atoms with van der Waals surface area (Å²) >= 11 is 0. The van der Waals surface area contributed by atoms with Crippen molar-refractivity contribution in [1.29, 1.82) is 0 Å². The highest BCUT2D eigenvalue weighted by molar-refractivity contribution is 5.89. The van der Waals surface area contributed by atoms with Crippen LogP contribution in [0.4, 0.5) is 5.69 Å². The van der Waals surface area contributed by atoms with Gasteiger partial charge in [-0.05, 0) is 32.0 Å². The number of nitrogens with zero attached hydrogens (tertiary/aromatic N) is 1. The topological polar surface area (TPSA) is 49.8 Å². The van der Waals surface area contributed by atoms with Crippen LogP contribution in [0.25, 0.3) is 0 Å². The maximum atomic E-state index is 10.9. The Kier molecular flexibility index (Phi) is 4.54. The van der Waals surface area contributed by atoms with Gasteiger partial charge in [0.15, 0.2) is 0 Å². The molecule has 0 saturated carbocycles. The summed E-state index contributed by atoms with van der Waals surface area (Å²) in [4.78, 5) is 12.7. The summed E-state index contributed by atoms with van der Waals surface area (Å²) in [6.45, 7) is 7.67. The second kappa shape index (κ2) is 5.91. The van der Waals surface area contributed by atoms with Crippen LogP contribution in [-0.2, 0) is 0 Å². The van der Waals surface area contributed by atoms with Crippen molar-refractivity contribution in [1.82, 2.24) is 0 Å². The molecule has 0 amide bonds. The van der Waals surface area contributed by atoms with Crippen molar-refractivity contribution in [2.24, 2.45) is 0 Å². The van der Waals surface area contributed by atoms with Crippen LogP contribution in [0, 0.1) is 0 Å². The average Bonchev–Trinajstić information content (AvgIpc) is 2.34. The van der Waals surface area contributed by atoms with Crippen molar-refractivity contribution < 1.29 is 14.6 Å². The van der Waals surface area contributed by atoms with Gasteiger partial charge in [0, 0.05) is 12.4 Å². The summed E-state index contributed by atoms with van der Waals surface area (Å²) in [5.74, 6) is -0.487. The van der Waals surface area contributed by atoms with Crippen molar-refractivity contribution in [3.05, 3.63) is 48.3 Å². The lowest BCUT2D eigenvalue weighted by molar-refractivity contribution is 0.0696. The van der Waals surface area contributed by atoms with Crippen LogP contribution in [0.3, 0.4) is 0 Å². The van der Waals surface area contributed by atoms with E-state index in [-0.39, 0.29) is 5.56 Å². The van der Waals surface area contributed by atoms with Gasteiger partial charge in [0.2, 0.25) is 0 Å². The molecule has 0 radical (unpaired) electrons. The lowest BCUT2D eigenvalue weighted by Gasteiger charge is -2.19. The third kappa shape index (κ3) is 3.13. The van der Waals surface area contributed by atoms with Crippen molar-refractivity contribution in [2.45, 2.75) is 13.8 Å². The Morgan fingerprint density at radius 3 is 2.56 bits per heavy atom. The molecule has 0 unspecified atom stereocenters. The number of methoxy groups -OCH3 is 1. The molecule has 18 heavy (non-hydrogen) atoms. The van der Waals surface area contributed by atoms with E-state index in [0.717, 1.165) is 11.3 Å². The first-order chi connectivity index (χ1) is 8.49. The van der Waals surface area contributed by atoms with E-state index in [1.54, 1.807) is 17.2 Å². The van der Waals surface area contributed by atoms with E-state index in [0.29, 0.717) is 5.75 Å². The van der Waals surface area contributed by atoms with Gasteiger partial charge in [0.1, 0.15) is 5.75 Å². The van der Waals surface area contributed by atoms with Gasteiger partial charge in [0.05, 0.1) is 18.4 Å². The number of carboxylic acids is 1. The molecule has 0 aliphatic rings. The fraction of sp³-hybridized carbons (Fsp3) is 0.214. The van der Waals surface area contributed by atoms with E-state index in [4.69, 9.17) is 9.84 Å². The minimum absolute atomic E-state index is 0.191. The highest BCUT2D eigenvalue weighted by atomic mass is 16.5. The molecule has 0 heterocycles.